The predicted molar refractivity (Wildman–Crippen MR) is 75.9 cm³/mol. The van der Waals surface area contributed by atoms with Crippen molar-refractivity contribution in [3.63, 3.8) is 0 Å². The summed E-state index contributed by atoms with van der Waals surface area (Å²) >= 11 is 0. The summed E-state index contributed by atoms with van der Waals surface area (Å²) < 4.78 is 1.32. The van der Waals surface area contributed by atoms with Gasteiger partial charge in [-0.15, -0.1) is 0 Å². The Hall–Kier alpha value is -2.30. The lowest BCUT2D eigenvalue weighted by molar-refractivity contribution is 0.144. The van der Waals surface area contributed by atoms with Gasteiger partial charge in [-0.05, 0) is 31.7 Å². The number of benzene rings is 1. The second-order valence-electron chi connectivity index (χ2n) is 5.51. The molecule has 5 heteroatoms. The monoisotopic (exact) mass is 272 g/mol. The van der Waals surface area contributed by atoms with Crippen LogP contribution in [0.2, 0.25) is 0 Å². The normalized spacial score (nSPS) is 16.6. The van der Waals surface area contributed by atoms with Crippen LogP contribution in [0.1, 0.15) is 26.2 Å². The molecule has 1 aromatic heterocycles. The maximum absolute atomic E-state index is 12.0. The molecular formula is C15H16N2O3. The van der Waals surface area contributed by atoms with E-state index >= 15 is 0 Å². The summed E-state index contributed by atoms with van der Waals surface area (Å²) in [6, 6.07) is 8.88. The third-order valence-electron chi connectivity index (χ3n) is 4.12. The van der Waals surface area contributed by atoms with Gasteiger partial charge in [-0.2, -0.15) is 0 Å². The summed E-state index contributed by atoms with van der Waals surface area (Å²) in [6.45, 7) is 1.92. The first-order valence-corrected chi connectivity index (χ1v) is 6.67. The van der Waals surface area contributed by atoms with Gasteiger partial charge in [0.05, 0.1) is 0 Å². The van der Waals surface area contributed by atoms with Crippen LogP contribution in [0.5, 0.6) is 5.88 Å². The van der Waals surface area contributed by atoms with E-state index < -0.39 is 16.8 Å². The lowest BCUT2D eigenvalue weighted by Crippen LogP contribution is -2.46. The van der Waals surface area contributed by atoms with Gasteiger partial charge in [-0.3, -0.25) is 14.3 Å². The molecule has 0 bridgehead atoms. The Balaban J connectivity index is 2.29. The van der Waals surface area contributed by atoms with Crippen LogP contribution in [0.15, 0.2) is 39.9 Å². The Morgan fingerprint density at radius 3 is 2.40 bits per heavy atom. The summed E-state index contributed by atoms with van der Waals surface area (Å²) in [5.74, 6) is -0.243. The second-order valence-corrected chi connectivity index (χ2v) is 5.51. The third-order valence-corrected chi connectivity index (χ3v) is 4.12. The molecule has 0 amide bonds. The summed E-state index contributed by atoms with van der Waals surface area (Å²) in [4.78, 5) is 26.4. The van der Waals surface area contributed by atoms with E-state index in [1.165, 1.54) is 4.57 Å². The van der Waals surface area contributed by atoms with Gasteiger partial charge in [0.25, 0.3) is 5.56 Å². The molecule has 1 fully saturated rings. The minimum Gasteiger partial charge on any atom is -0.494 e. The van der Waals surface area contributed by atoms with Gasteiger partial charge in [-0.25, -0.2) is 4.79 Å². The highest BCUT2D eigenvalue weighted by molar-refractivity contribution is 5.67. The molecule has 1 aliphatic rings. The quantitative estimate of drug-likeness (QED) is 0.875. The van der Waals surface area contributed by atoms with Crippen LogP contribution in [-0.4, -0.2) is 14.7 Å². The molecule has 1 saturated carbocycles. The van der Waals surface area contributed by atoms with Crippen molar-refractivity contribution >= 4 is 0 Å². The fourth-order valence-electron chi connectivity index (χ4n) is 2.80. The lowest BCUT2D eigenvalue weighted by Gasteiger charge is -2.40. The van der Waals surface area contributed by atoms with Crippen LogP contribution in [0.3, 0.4) is 0 Å². The van der Waals surface area contributed by atoms with Crippen LogP contribution >= 0.6 is 0 Å². The zero-order valence-corrected chi connectivity index (χ0v) is 11.2. The van der Waals surface area contributed by atoms with Crippen LogP contribution in [0, 0.1) is 0 Å². The molecule has 1 heterocycles. The van der Waals surface area contributed by atoms with Crippen molar-refractivity contribution in [2.45, 2.75) is 31.7 Å². The van der Waals surface area contributed by atoms with E-state index in [0.717, 1.165) is 19.3 Å². The number of nitrogens with zero attached hydrogens (tertiary/aromatic N) is 1. The number of aromatic hydroxyl groups is 1. The number of aromatic amines is 1. The molecule has 0 unspecified atom stereocenters. The van der Waals surface area contributed by atoms with Crippen molar-refractivity contribution in [2.75, 3.05) is 0 Å². The number of rotatable bonds is 2. The summed E-state index contributed by atoms with van der Waals surface area (Å²) in [7, 11) is 0. The molecule has 1 aromatic carbocycles. The number of hydrogen-bond donors (Lipinski definition) is 2. The Labute approximate surface area is 115 Å². The van der Waals surface area contributed by atoms with Gasteiger partial charge in [0.1, 0.15) is 5.56 Å². The van der Waals surface area contributed by atoms with Crippen molar-refractivity contribution in [1.29, 1.82) is 0 Å². The van der Waals surface area contributed by atoms with Crippen molar-refractivity contribution in [3.05, 3.63) is 51.2 Å². The minimum atomic E-state index is -0.558. The zero-order valence-electron chi connectivity index (χ0n) is 11.2. The van der Waals surface area contributed by atoms with Gasteiger partial charge in [0.15, 0.2) is 0 Å². The third kappa shape index (κ3) is 1.78. The molecule has 2 N–H and O–H groups in total. The topological polar surface area (TPSA) is 75.1 Å². The molecular weight excluding hydrogens is 256 g/mol. The Bertz CT molecular complexity index is 755. The molecule has 0 atom stereocenters. The van der Waals surface area contributed by atoms with Gasteiger partial charge in [-0.1, -0.05) is 30.3 Å². The summed E-state index contributed by atoms with van der Waals surface area (Å²) in [5, 5.41) is 10.4. The SMILES string of the molecule is CC1(n2c(O)c(-c3ccccc3)c(=O)[nH]c2=O)CCC1. The highest BCUT2D eigenvalue weighted by Crippen LogP contribution is 2.40. The fourth-order valence-corrected chi connectivity index (χ4v) is 2.80. The van der Waals surface area contributed by atoms with Crippen molar-refractivity contribution in [1.82, 2.24) is 9.55 Å². The number of H-pyrrole nitrogens is 1. The molecule has 1 aliphatic carbocycles. The second kappa shape index (κ2) is 4.37. The minimum absolute atomic E-state index is 0.151. The van der Waals surface area contributed by atoms with E-state index in [0.29, 0.717) is 5.56 Å². The molecule has 0 radical (unpaired) electrons. The molecule has 104 valence electrons. The first-order valence-electron chi connectivity index (χ1n) is 6.67. The van der Waals surface area contributed by atoms with Crippen LogP contribution in [0.25, 0.3) is 11.1 Å². The number of aromatic nitrogens is 2. The predicted octanol–water partition coefficient (Wildman–Crippen LogP) is 1.81. The van der Waals surface area contributed by atoms with Crippen molar-refractivity contribution < 1.29 is 5.11 Å². The van der Waals surface area contributed by atoms with Crippen LogP contribution in [0.4, 0.5) is 0 Å². The van der Waals surface area contributed by atoms with Crippen molar-refractivity contribution in [3.8, 4) is 17.0 Å². The van der Waals surface area contributed by atoms with Gasteiger partial charge < -0.3 is 5.11 Å². The van der Waals surface area contributed by atoms with E-state index in [4.69, 9.17) is 0 Å². The summed E-state index contributed by atoms with van der Waals surface area (Å²) in [5.41, 5.74) is -0.761. The maximum atomic E-state index is 12.0. The maximum Gasteiger partial charge on any atom is 0.331 e. The average molecular weight is 272 g/mol. The van der Waals surface area contributed by atoms with Crippen LogP contribution < -0.4 is 11.2 Å². The Morgan fingerprint density at radius 2 is 1.85 bits per heavy atom. The van der Waals surface area contributed by atoms with Crippen molar-refractivity contribution in [2.24, 2.45) is 0 Å². The molecule has 3 rings (SSSR count). The molecule has 5 nitrogen and oxygen atoms in total. The highest BCUT2D eigenvalue weighted by atomic mass is 16.3. The van der Waals surface area contributed by atoms with E-state index in [2.05, 4.69) is 4.98 Å². The van der Waals surface area contributed by atoms with E-state index in [9.17, 15) is 14.7 Å². The van der Waals surface area contributed by atoms with E-state index in [1.54, 1.807) is 24.3 Å². The smallest absolute Gasteiger partial charge is 0.331 e. The highest BCUT2D eigenvalue weighted by Gasteiger charge is 2.37. The molecule has 0 aliphatic heterocycles. The molecule has 0 saturated heterocycles. The van der Waals surface area contributed by atoms with Gasteiger partial charge in [0.2, 0.25) is 5.88 Å². The van der Waals surface area contributed by atoms with E-state index in [-0.39, 0.29) is 11.4 Å². The van der Waals surface area contributed by atoms with Crippen LogP contribution in [-0.2, 0) is 5.54 Å². The Kier molecular flexibility index (Phi) is 2.78. The fraction of sp³-hybridized carbons (Fsp3) is 0.333. The largest absolute Gasteiger partial charge is 0.494 e. The average Bonchev–Trinajstić information content (AvgIpc) is 2.37. The number of hydrogen-bond acceptors (Lipinski definition) is 3. The Morgan fingerprint density at radius 1 is 1.20 bits per heavy atom. The van der Waals surface area contributed by atoms with Gasteiger partial charge >= 0.3 is 5.69 Å². The number of nitrogens with one attached hydrogen (secondary N) is 1. The van der Waals surface area contributed by atoms with E-state index in [1.807, 2.05) is 13.0 Å². The molecule has 20 heavy (non-hydrogen) atoms. The molecule has 0 spiro atoms. The lowest BCUT2D eigenvalue weighted by atomic mass is 9.78. The standard InChI is InChI=1S/C15H16N2O3/c1-15(8-5-9-15)17-13(19)11(12(18)16-14(17)20)10-6-3-2-4-7-10/h2-4,6-7,19H,5,8-9H2,1H3,(H,16,18,20). The van der Waals surface area contributed by atoms with Gasteiger partial charge in [0, 0.05) is 5.54 Å². The molecule has 2 aromatic rings. The first kappa shape index (κ1) is 12.7. The summed E-state index contributed by atoms with van der Waals surface area (Å²) in [6.07, 6.45) is 2.66. The first-order chi connectivity index (χ1) is 9.53. The zero-order chi connectivity index (χ0) is 14.3.